The number of aromatic nitrogens is 2. The second kappa shape index (κ2) is 9.14. The minimum atomic E-state index is -5.15. The Morgan fingerprint density at radius 1 is 1.15 bits per heavy atom. The molecule has 0 aliphatic rings. The van der Waals surface area contributed by atoms with E-state index in [1.807, 2.05) is 0 Å². The van der Waals surface area contributed by atoms with Crippen LogP contribution in [0.5, 0.6) is 11.5 Å². The molecule has 1 aromatic carbocycles. The van der Waals surface area contributed by atoms with Gasteiger partial charge in [-0.15, -0.1) is 13.2 Å². The topological polar surface area (TPSA) is 115 Å². The molecule has 0 radical (unpaired) electrons. The summed E-state index contributed by atoms with van der Waals surface area (Å²) in [5.74, 6) is -7.35. The largest absolute Gasteiger partial charge is 0.573 e. The molecule has 0 saturated carbocycles. The zero-order chi connectivity index (χ0) is 24.3. The minimum absolute atomic E-state index is 0.110. The summed E-state index contributed by atoms with van der Waals surface area (Å²) in [6.07, 6.45) is -4.58. The van der Waals surface area contributed by atoms with Gasteiger partial charge in [-0.2, -0.15) is 0 Å². The third-order valence-electron chi connectivity index (χ3n) is 4.40. The molecule has 2 aromatic heterocycles. The van der Waals surface area contributed by atoms with Gasteiger partial charge in [0.25, 0.3) is 0 Å². The Morgan fingerprint density at radius 2 is 1.88 bits per heavy atom. The Balaban J connectivity index is 2.01. The van der Waals surface area contributed by atoms with Crippen molar-refractivity contribution in [1.82, 2.24) is 9.97 Å². The number of carbonyl (C=O) groups excluding carboxylic acids is 1. The maximum Gasteiger partial charge on any atom is 0.573 e. The molecule has 172 valence electrons. The quantitative estimate of drug-likeness (QED) is 0.231. The maximum atomic E-state index is 14.4. The van der Waals surface area contributed by atoms with Crippen molar-refractivity contribution in [3.63, 3.8) is 0 Å². The summed E-state index contributed by atoms with van der Waals surface area (Å²) in [6.45, 7) is 0. The third kappa shape index (κ3) is 5.56. The van der Waals surface area contributed by atoms with Gasteiger partial charge in [0.05, 0.1) is 5.69 Å². The Bertz CT molecular complexity index is 1220. The predicted molar refractivity (Wildman–Crippen MR) is 101 cm³/mol. The first-order valence-corrected chi connectivity index (χ1v) is 8.99. The summed E-state index contributed by atoms with van der Waals surface area (Å²) in [4.78, 5) is 30.0. The van der Waals surface area contributed by atoms with Crippen LogP contribution in [-0.2, 0) is 0 Å². The fourth-order valence-electron chi connectivity index (χ4n) is 2.99. The molecule has 3 rings (SSSR count). The molecule has 0 unspecified atom stereocenters. The van der Waals surface area contributed by atoms with Crippen molar-refractivity contribution in [1.29, 1.82) is 0 Å². The number of rotatable bonds is 7. The summed E-state index contributed by atoms with van der Waals surface area (Å²) < 4.78 is 69.5. The second-order valence-electron chi connectivity index (χ2n) is 6.58. The lowest BCUT2D eigenvalue weighted by atomic mass is 9.89. The third-order valence-corrected chi connectivity index (χ3v) is 4.40. The SMILES string of the molecule is O=C(C[C@@H](c1ccc(OC(F)(F)F)c(F)c1)c1ncccc1F)c1ccc(O)c([N+](=O)[O-])n1. The molecule has 13 heteroatoms. The van der Waals surface area contributed by atoms with E-state index >= 15 is 0 Å². The van der Waals surface area contributed by atoms with Crippen molar-refractivity contribution in [2.75, 3.05) is 0 Å². The van der Waals surface area contributed by atoms with Gasteiger partial charge in [-0.05, 0) is 51.9 Å². The number of alkyl halides is 3. The Kier molecular flexibility index (Phi) is 6.51. The summed E-state index contributed by atoms with van der Waals surface area (Å²) in [6, 6.07) is 6.45. The van der Waals surface area contributed by atoms with E-state index in [0.29, 0.717) is 12.1 Å². The molecule has 0 aliphatic heterocycles. The number of nitrogens with zero attached hydrogens (tertiary/aromatic N) is 3. The summed E-state index contributed by atoms with van der Waals surface area (Å²) >= 11 is 0. The average molecular weight is 469 g/mol. The summed E-state index contributed by atoms with van der Waals surface area (Å²) in [5.41, 5.74) is -0.873. The lowest BCUT2D eigenvalue weighted by Gasteiger charge is -2.18. The van der Waals surface area contributed by atoms with Crippen LogP contribution in [0.4, 0.5) is 27.8 Å². The number of ether oxygens (including phenoxy) is 1. The molecule has 1 atom stereocenters. The first-order valence-electron chi connectivity index (χ1n) is 8.99. The minimum Gasteiger partial charge on any atom is -0.501 e. The zero-order valence-corrected chi connectivity index (χ0v) is 16.2. The fourth-order valence-corrected chi connectivity index (χ4v) is 2.99. The van der Waals surface area contributed by atoms with Crippen molar-refractivity contribution >= 4 is 11.6 Å². The number of Topliss-reactive ketones (excluding diaryl/α,β-unsaturated/α-hetero) is 1. The highest BCUT2D eigenvalue weighted by atomic mass is 19.4. The normalized spacial score (nSPS) is 12.3. The van der Waals surface area contributed by atoms with Crippen LogP contribution in [0.15, 0.2) is 48.7 Å². The first-order chi connectivity index (χ1) is 15.5. The van der Waals surface area contributed by atoms with Gasteiger partial charge in [-0.25, -0.2) is 8.78 Å². The molecule has 1 N–H and O–H groups in total. The van der Waals surface area contributed by atoms with E-state index < -0.39 is 64.1 Å². The Hall–Kier alpha value is -4.16. The van der Waals surface area contributed by atoms with Crippen molar-refractivity contribution in [3.8, 4) is 11.5 Å². The number of hydrogen-bond acceptors (Lipinski definition) is 7. The smallest absolute Gasteiger partial charge is 0.501 e. The average Bonchev–Trinajstić information content (AvgIpc) is 2.73. The van der Waals surface area contributed by atoms with Crippen molar-refractivity contribution < 1.29 is 41.5 Å². The molecule has 0 spiro atoms. The van der Waals surface area contributed by atoms with Gasteiger partial charge in [0.1, 0.15) is 5.82 Å². The fraction of sp³-hybridized carbons (Fsp3) is 0.150. The predicted octanol–water partition coefficient (Wildman–Crippen LogP) is 4.67. The van der Waals surface area contributed by atoms with Crippen LogP contribution in [0.1, 0.15) is 34.1 Å². The van der Waals surface area contributed by atoms with Crippen molar-refractivity contribution in [2.24, 2.45) is 0 Å². The van der Waals surface area contributed by atoms with Crippen LogP contribution in [-0.4, -0.2) is 32.1 Å². The molecular weight excluding hydrogens is 457 g/mol. The van der Waals surface area contributed by atoms with Gasteiger partial charge in [-0.3, -0.25) is 9.78 Å². The van der Waals surface area contributed by atoms with Gasteiger partial charge < -0.3 is 20.0 Å². The molecule has 2 heterocycles. The van der Waals surface area contributed by atoms with Gasteiger partial charge in [0, 0.05) is 18.5 Å². The van der Waals surface area contributed by atoms with Crippen LogP contribution in [0.2, 0.25) is 0 Å². The Labute approximate surface area is 181 Å². The van der Waals surface area contributed by atoms with Gasteiger partial charge in [0.15, 0.2) is 11.6 Å². The van der Waals surface area contributed by atoms with E-state index in [1.165, 1.54) is 12.3 Å². The number of aromatic hydroxyl groups is 1. The van der Waals surface area contributed by atoms with E-state index in [-0.39, 0.29) is 11.3 Å². The molecule has 0 aliphatic carbocycles. The molecular formula is C20H12F5N3O5. The maximum absolute atomic E-state index is 14.4. The van der Waals surface area contributed by atoms with Gasteiger partial charge >= 0.3 is 12.2 Å². The second-order valence-corrected chi connectivity index (χ2v) is 6.58. The molecule has 8 nitrogen and oxygen atoms in total. The number of pyridine rings is 2. The van der Waals surface area contributed by atoms with Crippen LogP contribution < -0.4 is 4.74 Å². The molecule has 0 saturated heterocycles. The highest BCUT2D eigenvalue weighted by Crippen LogP contribution is 2.34. The van der Waals surface area contributed by atoms with Crippen molar-refractivity contribution in [2.45, 2.75) is 18.7 Å². The van der Waals surface area contributed by atoms with Crippen LogP contribution in [0.3, 0.4) is 0 Å². The van der Waals surface area contributed by atoms with Gasteiger partial charge in [-0.1, -0.05) is 6.07 Å². The van der Waals surface area contributed by atoms with Crippen LogP contribution in [0.25, 0.3) is 0 Å². The first kappa shape index (κ1) is 23.5. The number of carbonyl (C=O) groups is 1. The van der Waals surface area contributed by atoms with Crippen LogP contribution >= 0.6 is 0 Å². The lowest BCUT2D eigenvalue weighted by Crippen LogP contribution is -2.18. The summed E-state index contributed by atoms with van der Waals surface area (Å²) in [7, 11) is 0. The van der Waals surface area contributed by atoms with E-state index in [0.717, 1.165) is 24.3 Å². The van der Waals surface area contributed by atoms with E-state index in [1.54, 1.807) is 0 Å². The highest BCUT2D eigenvalue weighted by molar-refractivity contribution is 5.95. The highest BCUT2D eigenvalue weighted by Gasteiger charge is 2.33. The van der Waals surface area contributed by atoms with Crippen molar-refractivity contribution in [3.05, 3.63) is 87.4 Å². The summed E-state index contributed by atoms with van der Waals surface area (Å²) in [5, 5.41) is 20.4. The molecule has 33 heavy (non-hydrogen) atoms. The van der Waals surface area contributed by atoms with E-state index in [9.17, 15) is 42.0 Å². The van der Waals surface area contributed by atoms with E-state index in [4.69, 9.17) is 0 Å². The number of benzene rings is 1. The number of halogens is 5. The molecule has 0 fully saturated rings. The number of nitro groups is 1. The Morgan fingerprint density at radius 3 is 2.48 bits per heavy atom. The number of ketones is 1. The zero-order valence-electron chi connectivity index (χ0n) is 16.2. The molecule has 3 aromatic rings. The number of hydrogen-bond donors (Lipinski definition) is 1. The lowest BCUT2D eigenvalue weighted by molar-refractivity contribution is -0.390. The monoisotopic (exact) mass is 469 g/mol. The van der Waals surface area contributed by atoms with Gasteiger partial charge in [0.2, 0.25) is 17.2 Å². The van der Waals surface area contributed by atoms with Crippen LogP contribution in [0, 0.1) is 21.7 Å². The standard InChI is InChI=1S/C20H12F5N3O5/c21-12-2-1-7-26-18(12)11(10-3-6-17(13(22)8-10)33-20(23,24)25)9-16(30)14-4-5-15(29)19(27-14)28(31)32/h1-8,11,29H,9H2/t11-/m0/s1. The molecule has 0 bridgehead atoms. The van der Waals surface area contributed by atoms with E-state index in [2.05, 4.69) is 14.7 Å². The molecule has 0 amide bonds.